The second-order valence-electron chi connectivity index (χ2n) is 7.13. The molecule has 0 saturated heterocycles. The number of esters is 1. The average Bonchev–Trinajstić information content (AvgIpc) is 2.89. The molecule has 0 bridgehead atoms. The van der Waals surface area contributed by atoms with Crippen molar-refractivity contribution in [2.75, 3.05) is 20.8 Å². The zero-order chi connectivity index (χ0) is 26.1. The number of rotatable bonds is 9. The van der Waals surface area contributed by atoms with Gasteiger partial charge in [-0.25, -0.2) is 10.2 Å². The normalized spacial score (nSPS) is 10.6. The van der Waals surface area contributed by atoms with Gasteiger partial charge in [-0.15, -0.1) is 0 Å². The first-order chi connectivity index (χ1) is 17.3. The van der Waals surface area contributed by atoms with Crippen molar-refractivity contribution in [3.05, 3.63) is 87.4 Å². The van der Waals surface area contributed by atoms with Gasteiger partial charge in [0.15, 0.2) is 11.5 Å². The van der Waals surface area contributed by atoms with Crippen LogP contribution >= 0.6 is 23.2 Å². The number of carbonyl (C=O) groups excluding carboxylic acids is 3. The van der Waals surface area contributed by atoms with Crippen molar-refractivity contribution in [1.29, 1.82) is 0 Å². The fourth-order valence-corrected chi connectivity index (χ4v) is 3.15. The Labute approximate surface area is 216 Å². The summed E-state index contributed by atoms with van der Waals surface area (Å²) in [4.78, 5) is 36.5. The van der Waals surface area contributed by atoms with Crippen LogP contribution in [-0.2, 0) is 4.79 Å². The lowest BCUT2D eigenvalue weighted by atomic mass is 10.2. The Morgan fingerprint density at radius 2 is 1.58 bits per heavy atom. The van der Waals surface area contributed by atoms with Gasteiger partial charge in [0.25, 0.3) is 11.8 Å². The van der Waals surface area contributed by atoms with E-state index in [1.54, 1.807) is 42.5 Å². The molecule has 0 atom stereocenters. The Morgan fingerprint density at radius 1 is 0.861 bits per heavy atom. The van der Waals surface area contributed by atoms with Crippen LogP contribution in [0.25, 0.3) is 0 Å². The Bertz CT molecular complexity index is 1300. The molecule has 3 aromatic rings. The highest BCUT2D eigenvalue weighted by atomic mass is 35.5. The van der Waals surface area contributed by atoms with Crippen LogP contribution in [-0.4, -0.2) is 44.8 Å². The van der Waals surface area contributed by atoms with Crippen molar-refractivity contribution < 1.29 is 28.6 Å². The molecule has 0 saturated carbocycles. The van der Waals surface area contributed by atoms with E-state index >= 15 is 0 Å². The summed E-state index contributed by atoms with van der Waals surface area (Å²) >= 11 is 11.7. The van der Waals surface area contributed by atoms with Crippen molar-refractivity contribution in [2.45, 2.75) is 0 Å². The number of halogens is 2. The summed E-state index contributed by atoms with van der Waals surface area (Å²) in [5.41, 5.74) is 3.48. The third kappa shape index (κ3) is 7.21. The van der Waals surface area contributed by atoms with Crippen LogP contribution in [0.3, 0.4) is 0 Å². The largest absolute Gasteiger partial charge is 0.497 e. The summed E-state index contributed by atoms with van der Waals surface area (Å²) < 4.78 is 15.8. The molecule has 0 unspecified atom stereocenters. The molecule has 3 rings (SSSR count). The highest BCUT2D eigenvalue weighted by molar-refractivity contribution is 6.42. The number of benzene rings is 3. The summed E-state index contributed by atoms with van der Waals surface area (Å²) in [6.45, 7) is -0.306. The molecule has 11 heteroatoms. The predicted octanol–water partition coefficient (Wildman–Crippen LogP) is 4.11. The van der Waals surface area contributed by atoms with E-state index in [2.05, 4.69) is 15.8 Å². The number of carbonyl (C=O) groups is 3. The van der Waals surface area contributed by atoms with Crippen LogP contribution in [0.5, 0.6) is 17.2 Å². The first kappa shape index (κ1) is 26.5. The van der Waals surface area contributed by atoms with E-state index in [1.807, 2.05) is 0 Å². The lowest BCUT2D eigenvalue weighted by molar-refractivity contribution is -0.120. The summed E-state index contributed by atoms with van der Waals surface area (Å²) in [5.74, 6) is -0.472. The first-order valence-corrected chi connectivity index (χ1v) is 11.2. The number of hydrogen-bond donors (Lipinski definition) is 2. The van der Waals surface area contributed by atoms with Crippen LogP contribution in [0.15, 0.2) is 65.8 Å². The minimum atomic E-state index is -0.562. The molecule has 0 fully saturated rings. The molecule has 0 spiro atoms. The van der Waals surface area contributed by atoms with E-state index in [4.69, 9.17) is 37.4 Å². The molecular formula is C25H21Cl2N3O6. The van der Waals surface area contributed by atoms with E-state index < -0.39 is 17.8 Å². The zero-order valence-corrected chi connectivity index (χ0v) is 20.7. The number of nitrogens with zero attached hydrogens (tertiary/aromatic N) is 1. The Balaban J connectivity index is 1.54. The van der Waals surface area contributed by atoms with Crippen LogP contribution < -0.4 is 25.0 Å². The second kappa shape index (κ2) is 12.6. The van der Waals surface area contributed by atoms with Gasteiger partial charge < -0.3 is 19.5 Å². The fourth-order valence-electron chi connectivity index (χ4n) is 2.85. The zero-order valence-electron chi connectivity index (χ0n) is 19.2. The molecule has 0 aliphatic rings. The smallest absolute Gasteiger partial charge is 0.343 e. The van der Waals surface area contributed by atoms with Gasteiger partial charge in [-0.1, -0.05) is 23.2 Å². The van der Waals surface area contributed by atoms with Gasteiger partial charge >= 0.3 is 5.97 Å². The molecule has 3 aromatic carbocycles. The second-order valence-corrected chi connectivity index (χ2v) is 7.95. The Morgan fingerprint density at radius 3 is 2.25 bits per heavy atom. The summed E-state index contributed by atoms with van der Waals surface area (Å²) in [6, 6.07) is 15.6. The summed E-state index contributed by atoms with van der Waals surface area (Å²) in [7, 11) is 2.96. The number of hydrazone groups is 1. The molecule has 2 N–H and O–H groups in total. The van der Waals surface area contributed by atoms with E-state index in [0.717, 1.165) is 0 Å². The summed E-state index contributed by atoms with van der Waals surface area (Å²) in [6.07, 6.45) is 1.37. The maximum absolute atomic E-state index is 12.4. The van der Waals surface area contributed by atoms with Gasteiger partial charge in [0, 0.05) is 5.56 Å². The summed E-state index contributed by atoms with van der Waals surface area (Å²) in [5, 5.41) is 6.87. The lowest BCUT2D eigenvalue weighted by Crippen LogP contribution is -2.34. The molecule has 0 aliphatic carbocycles. The molecule has 0 radical (unpaired) electrons. The van der Waals surface area contributed by atoms with Crippen molar-refractivity contribution in [3.63, 3.8) is 0 Å². The molecule has 0 heterocycles. The quantitative estimate of drug-likeness (QED) is 0.186. The van der Waals surface area contributed by atoms with E-state index in [-0.39, 0.29) is 22.9 Å². The molecule has 0 aromatic heterocycles. The highest BCUT2D eigenvalue weighted by Crippen LogP contribution is 2.28. The van der Waals surface area contributed by atoms with Gasteiger partial charge in [0.1, 0.15) is 5.75 Å². The lowest BCUT2D eigenvalue weighted by Gasteiger charge is -2.10. The van der Waals surface area contributed by atoms with Crippen molar-refractivity contribution in [1.82, 2.24) is 10.7 Å². The van der Waals surface area contributed by atoms with Crippen LogP contribution in [0, 0.1) is 0 Å². The highest BCUT2D eigenvalue weighted by Gasteiger charge is 2.13. The Hall–Kier alpha value is -4.08. The van der Waals surface area contributed by atoms with Gasteiger partial charge in [0.2, 0.25) is 0 Å². The van der Waals surface area contributed by atoms with E-state index in [0.29, 0.717) is 27.6 Å². The maximum Gasteiger partial charge on any atom is 0.343 e. The third-order valence-corrected chi connectivity index (χ3v) is 5.45. The average molecular weight is 530 g/mol. The van der Waals surface area contributed by atoms with Gasteiger partial charge in [-0.2, -0.15) is 5.10 Å². The molecule has 36 heavy (non-hydrogen) atoms. The molecular weight excluding hydrogens is 509 g/mol. The molecule has 0 aliphatic heterocycles. The van der Waals surface area contributed by atoms with Crippen molar-refractivity contribution in [2.24, 2.45) is 5.10 Å². The first-order valence-electron chi connectivity index (χ1n) is 10.4. The van der Waals surface area contributed by atoms with Crippen molar-refractivity contribution in [3.8, 4) is 17.2 Å². The fraction of sp³-hybridized carbons (Fsp3) is 0.120. The SMILES string of the molecule is COc1ccc(C(=O)Oc2ccc(C=NNC(=O)CNC(=O)c3ccc(Cl)c(Cl)c3)cc2OC)cc1. The third-order valence-electron chi connectivity index (χ3n) is 4.71. The Kier molecular flexibility index (Phi) is 9.26. The number of methoxy groups -OCH3 is 2. The number of amides is 2. The standard InChI is InChI=1S/C25H21Cl2N3O6/c1-34-18-7-4-16(5-8-18)25(33)36-21-10-3-15(11-22(21)35-2)13-29-30-23(31)14-28-24(32)17-6-9-19(26)20(27)12-17/h3-13H,14H2,1-2H3,(H,28,32)(H,30,31). The number of ether oxygens (including phenoxy) is 3. The van der Waals surface area contributed by atoms with Gasteiger partial charge in [0.05, 0.1) is 42.6 Å². The van der Waals surface area contributed by atoms with E-state index in [9.17, 15) is 14.4 Å². The van der Waals surface area contributed by atoms with Gasteiger partial charge in [-0.3, -0.25) is 9.59 Å². The van der Waals surface area contributed by atoms with Crippen LogP contribution in [0.4, 0.5) is 0 Å². The topological polar surface area (TPSA) is 115 Å². The number of nitrogens with one attached hydrogen (secondary N) is 2. The molecule has 9 nitrogen and oxygen atoms in total. The van der Waals surface area contributed by atoms with Crippen LogP contribution in [0.1, 0.15) is 26.3 Å². The van der Waals surface area contributed by atoms with E-state index in [1.165, 1.54) is 38.6 Å². The monoisotopic (exact) mass is 529 g/mol. The maximum atomic E-state index is 12.4. The molecule has 186 valence electrons. The minimum absolute atomic E-state index is 0.213. The molecule has 2 amide bonds. The predicted molar refractivity (Wildman–Crippen MR) is 135 cm³/mol. The minimum Gasteiger partial charge on any atom is -0.497 e. The van der Waals surface area contributed by atoms with Crippen LogP contribution in [0.2, 0.25) is 10.0 Å². The number of hydrogen-bond acceptors (Lipinski definition) is 7. The van der Waals surface area contributed by atoms with Crippen molar-refractivity contribution >= 4 is 47.2 Å². The van der Waals surface area contributed by atoms with Gasteiger partial charge in [-0.05, 0) is 66.2 Å².